The van der Waals surface area contributed by atoms with Crippen LogP contribution in [0.5, 0.6) is 0 Å². The maximum atomic E-state index is 12.8. The number of aromatic nitrogens is 2. The van der Waals surface area contributed by atoms with Gasteiger partial charge in [-0.3, -0.25) is 4.79 Å². The normalized spacial score (nSPS) is 17.9. The summed E-state index contributed by atoms with van der Waals surface area (Å²) in [5.41, 5.74) is 0.657. The van der Waals surface area contributed by atoms with E-state index in [9.17, 15) is 9.18 Å². The largest absolute Gasteiger partial charge is 0.338 e. The summed E-state index contributed by atoms with van der Waals surface area (Å²) in [6.45, 7) is 0. The Hall–Kier alpha value is -2.63. The minimum atomic E-state index is -0.326. The molecule has 3 rings (SSSR count). The fourth-order valence-corrected chi connectivity index (χ4v) is 1.67. The topological polar surface area (TPSA) is 68.3 Å². The molecule has 2 aromatic rings. The van der Waals surface area contributed by atoms with Gasteiger partial charge in [0, 0.05) is 17.9 Å². The minimum Gasteiger partial charge on any atom is -0.338 e. The highest BCUT2D eigenvalue weighted by atomic mass is 19.1. The molecule has 1 amide bonds. The number of rotatable bonds is 2. The maximum Gasteiger partial charge on any atom is 0.269 e. The summed E-state index contributed by atoms with van der Waals surface area (Å²) in [7, 11) is 0. The molecule has 19 heavy (non-hydrogen) atoms. The van der Waals surface area contributed by atoms with Crippen molar-refractivity contribution in [2.75, 3.05) is 0 Å². The number of aliphatic imine (C=N–C) groups is 1. The van der Waals surface area contributed by atoms with Crippen LogP contribution in [0.25, 0.3) is 11.4 Å². The van der Waals surface area contributed by atoms with Gasteiger partial charge in [-0.05, 0) is 24.3 Å². The van der Waals surface area contributed by atoms with Crippen LogP contribution in [0.2, 0.25) is 0 Å². The molecule has 94 valence electrons. The Balaban J connectivity index is 1.87. The molecular weight excluding hydrogens is 249 g/mol. The van der Waals surface area contributed by atoms with Gasteiger partial charge in [-0.2, -0.15) is 4.98 Å². The van der Waals surface area contributed by atoms with E-state index in [0.717, 1.165) is 0 Å². The second kappa shape index (κ2) is 4.56. The number of carbonyl (C=O) groups is 1. The molecule has 0 spiro atoms. The Kier molecular flexibility index (Phi) is 2.75. The van der Waals surface area contributed by atoms with Crippen molar-refractivity contribution < 1.29 is 13.7 Å². The van der Waals surface area contributed by atoms with Crippen LogP contribution in [-0.4, -0.2) is 22.3 Å². The van der Waals surface area contributed by atoms with Crippen molar-refractivity contribution in [3.05, 3.63) is 48.1 Å². The van der Waals surface area contributed by atoms with E-state index in [1.54, 1.807) is 18.2 Å². The Labute approximate surface area is 107 Å². The van der Waals surface area contributed by atoms with Crippen molar-refractivity contribution in [1.82, 2.24) is 10.1 Å². The van der Waals surface area contributed by atoms with Gasteiger partial charge in [0.25, 0.3) is 5.91 Å². The van der Waals surface area contributed by atoms with Crippen LogP contribution < -0.4 is 0 Å². The molecule has 0 radical (unpaired) electrons. The van der Waals surface area contributed by atoms with Gasteiger partial charge in [0.2, 0.25) is 11.7 Å². The number of dihydropyridines is 1. The first-order chi connectivity index (χ1) is 9.22. The van der Waals surface area contributed by atoms with Gasteiger partial charge in [0.1, 0.15) is 5.82 Å². The van der Waals surface area contributed by atoms with Crippen molar-refractivity contribution >= 4 is 12.1 Å². The fraction of sp³-hybridized carbons (Fsp3) is 0.0769. The van der Waals surface area contributed by atoms with Crippen LogP contribution in [0.4, 0.5) is 4.39 Å². The van der Waals surface area contributed by atoms with Crippen molar-refractivity contribution in [2.24, 2.45) is 4.99 Å². The standard InChI is InChI=1S/C13H8FN3O2/c14-10-4-1-8(2-5-10)12-16-13(19-17-12)9-3-6-11(18)15-7-9/h1-7,9H. The third-order valence-corrected chi connectivity index (χ3v) is 2.64. The van der Waals surface area contributed by atoms with E-state index < -0.39 is 0 Å². The van der Waals surface area contributed by atoms with Crippen LogP contribution >= 0.6 is 0 Å². The molecule has 0 bridgehead atoms. The Morgan fingerprint density at radius 3 is 2.68 bits per heavy atom. The zero-order valence-corrected chi connectivity index (χ0v) is 9.65. The first kappa shape index (κ1) is 11.5. The molecule has 1 aromatic heterocycles. The lowest BCUT2D eigenvalue weighted by molar-refractivity contribution is -0.113. The number of benzene rings is 1. The number of amides is 1. The third-order valence-electron chi connectivity index (χ3n) is 2.64. The Morgan fingerprint density at radius 2 is 2.00 bits per heavy atom. The lowest BCUT2D eigenvalue weighted by atomic mass is 10.1. The molecule has 0 N–H and O–H groups in total. The van der Waals surface area contributed by atoms with Gasteiger partial charge in [-0.1, -0.05) is 11.2 Å². The van der Waals surface area contributed by atoms with Crippen molar-refractivity contribution in [3.8, 4) is 11.4 Å². The van der Waals surface area contributed by atoms with Crippen LogP contribution in [-0.2, 0) is 4.79 Å². The first-order valence-corrected chi connectivity index (χ1v) is 5.58. The van der Waals surface area contributed by atoms with Gasteiger partial charge in [0.05, 0.1) is 5.92 Å². The summed E-state index contributed by atoms with van der Waals surface area (Å²) in [5.74, 6) is -0.234. The molecular formula is C13H8FN3O2. The average Bonchev–Trinajstić information content (AvgIpc) is 2.90. The molecule has 1 unspecified atom stereocenters. The number of hydrogen-bond donors (Lipinski definition) is 0. The van der Waals surface area contributed by atoms with Crippen LogP contribution in [0.15, 0.2) is 45.9 Å². The van der Waals surface area contributed by atoms with Crippen LogP contribution in [0, 0.1) is 5.82 Å². The highest BCUT2D eigenvalue weighted by Crippen LogP contribution is 2.21. The number of nitrogens with zero attached hydrogens (tertiary/aromatic N) is 3. The molecule has 0 saturated carbocycles. The van der Waals surface area contributed by atoms with Crippen molar-refractivity contribution in [3.63, 3.8) is 0 Å². The SMILES string of the molecule is O=C1C=CC(c2nc(-c3ccc(F)cc3)no2)C=N1. The number of allylic oxidation sites excluding steroid dienone is 1. The molecule has 6 heteroatoms. The fourth-order valence-electron chi connectivity index (χ4n) is 1.67. The molecule has 1 aromatic carbocycles. The van der Waals surface area contributed by atoms with Crippen molar-refractivity contribution in [1.29, 1.82) is 0 Å². The van der Waals surface area contributed by atoms with Crippen LogP contribution in [0.1, 0.15) is 11.8 Å². The molecule has 1 aliphatic rings. The summed E-state index contributed by atoms with van der Waals surface area (Å²) in [4.78, 5) is 18.8. The average molecular weight is 257 g/mol. The predicted octanol–water partition coefficient (Wildman–Crippen LogP) is 2.13. The molecule has 0 fully saturated rings. The second-order valence-electron chi connectivity index (χ2n) is 3.96. The molecule has 1 atom stereocenters. The zero-order valence-electron chi connectivity index (χ0n) is 9.65. The summed E-state index contributed by atoms with van der Waals surface area (Å²) in [6, 6.07) is 5.79. The lowest BCUT2D eigenvalue weighted by Gasteiger charge is -2.02. The lowest BCUT2D eigenvalue weighted by Crippen LogP contribution is -2.04. The maximum absolute atomic E-state index is 12.8. The van der Waals surface area contributed by atoms with E-state index in [2.05, 4.69) is 15.1 Å². The van der Waals surface area contributed by atoms with E-state index in [1.165, 1.54) is 24.4 Å². The Morgan fingerprint density at radius 1 is 1.21 bits per heavy atom. The summed E-state index contributed by atoms with van der Waals surface area (Å²) in [5, 5.41) is 3.82. The summed E-state index contributed by atoms with van der Waals surface area (Å²) >= 11 is 0. The smallest absolute Gasteiger partial charge is 0.269 e. The predicted molar refractivity (Wildman–Crippen MR) is 65.1 cm³/mol. The van der Waals surface area contributed by atoms with Gasteiger partial charge < -0.3 is 4.52 Å². The zero-order chi connectivity index (χ0) is 13.2. The van der Waals surface area contributed by atoms with Crippen molar-refractivity contribution in [2.45, 2.75) is 5.92 Å². The molecule has 0 saturated heterocycles. The molecule has 0 aliphatic carbocycles. The quantitative estimate of drug-likeness (QED) is 0.826. The van der Waals surface area contributed by atoms with Gasteiger partial charge >= 0.3 is 0 Å². The molecule has 2 heterocycles. The second-order valence-corrected chi connectivity index (χ2v) is 3.96. The number of hydrogen-bond acceptors (Lipinski definition) is 4. The summed E-state index contributed by atoms with van der Waals surface area (Å²) < 4.78 is 17.9. The van der Waals surface area contributed by atoms with Gasteiger partial charge in [-0.15, -0.1) is 0 Å². The molecule has 1 aliphatic heterocycles. The van der Waals surface area contributed by atoms with E-state index in [4.69, 9.17) is 4.52 Å². The third kappa shape index (κ3) is 2.33. The number of carbonyl (C=O) groups excluding carboxylic acids is 1. The van der Waals surface area contributed by atoms with Crippen LogP contribution in [0.3, 0.4) is 0 Å². The van der Waals surface area contributed by atoms with Gasteiger partial charge in [0.15, 0.2) is 0 Å². The van der Waals surface area contributed by atoms with E-state index in [-0.39, 0.29) is 17.6 Å². The van der Waals surface area contributed by atoms with E-state index in [1.807, 2.05) is 0 Å². The molecule has 5 nitrogen and oxygen atoms in total. The van der Waals surface area contributed by atoms with Gasteiger partial charge in [-0.25, -0.2) is 9.38 Å². The highest BCUT2D eigenvalue weighted by molar-refractivity contribution is 5.98. The number of halogens is 1. The minimum absolute atomic E-state index is 0.306. The van der Waals surface area contributed by atoms with E-state index >= 15 is 0 Å². The van der Waals surface area contributed by atoms with E-state index in [0.29, 0.717) is 17.3 Å². The Bertz CT molecular complexity index is 657. The first-order valence-electron chi connectivity index (χ1n) is 5.58. The summed E-state index contributed by atoms with van der Waals surface area (Å²) in [6.07, 6.45) is 4.44. The highest BCUT2D eigenvalue weighted by Gasteiger charge is 2.18. The monoisotopic (exact) mass is 257 g/mol.